The van der Waals surface area contributed by atoms with Gasteiger partial charge in [0.1, 0.15) is 0 Å². The number of rotatable bonds is 6. The SMILES string of the molecule is C[As+](c1cccc([N+](=O)[O-])c1)(c1cccc([N+](=O)[O-])c1)c1cccc([N+](=O)[O-])c1.O=[N+]([O-])[O-]. The summed E-state index contributed by atoms with van der Waals surface area (Å²) in [4.78, 5) is 40.6. The number of nitro groups is 3. The Bertz CT molecular complexity index is 1090. The molecule has 0 aliphatic rings. The van der Waals surface area contributed by atoms with Gasteiger partial charge in [-0.2, -0.15) is 0 Å². The zero-order valence-corrected chi connectivity index (χ0v) is 18.7. The van der Waals surface area contributed by atoms with Gasteiger partial charge in [-0.25, -0.2) is 0 Å². The Balaban J connectivity index is 0.000000890. The number of hydrogen-bond acceptors (Lipinski definition) is 9. The van der Waals surface area contributed by atoms with Gasteiger partial charge in [0.05, 0.1) is 5.09 Å². The molecule has 0 saturated carbocycles. The second-order valence-electron chi connectivity index (χ2n) is 6.56. The van der Waals surface area contributed by atoms with Crippen LogP contribution in [0, 0.1) is 45.7 Å². The number of non-ortho nitro benzene ring substituents is 3. The van der Waals surface area contributed by atoms with Gasteiger partial charge in [-0.1, -0.05) is 0 Å². The number of nitro benzene ring substituents is 3. The molecule has 14 heteroatoms. The van der Waals surface area contributed by atoms with Crippen LogP contribution < -0.4 is 13.1 Å². The van der Waals surface area contributed by atoms with E-state index in [0.29, 0.717) is 13.1 Å². The Kier molecular flexibility index (Phi) is 7.76. The average molecular weight is 518 g/mol. The molecule has 3 aromatic rings. The quantitative estimate of drug-likeness (QED) is 0.267. The third-order valence-corrected chi connectivity index (χ3v) is 12.9. The van der Waals surface area contributed by atoms with Crippen LogP contribution in [0.3, 0.4) is 0 Å². The smallest absolute Gasteiger partial charge is 0.0689 e. The first kappa shape index (κ1) is 24.9. The van der Waals surface area contributed by atoms with Crippen molar-refractivity contribution < 1.29 is 19.9 Å². The minimum atomic E-state index is -3.48. The van der Waals surface area contributed by atoms with Crippen LogP contribution in [0.25, 0.3) is 0 Å². The van der Waals surface area contributed by atoms with Crippen molar-refractivity contribution in [2.24, 2.45) is 0 Å². The molecule has 0 aromatic heterocycles. The molecule has 0 bridgehead atoms. The van der Waals surface area contributed by atoms with Crippen molar-refractivity contribution in [3.05, 3.63) is 118 Å². The molecule has 3 rings (SSSR count). The van der Waals surface area contributed by atoms with Crippen LogP contribution in [0.2, 0.25) is 5.71 Å². The summed E-state index contributed by atoms with van der Waals surface area (Å²) < 4.78 is 1.95. The van der Waals surface area contributed by atoms with E-state index in [1.807, 2.05) is 5.71 Å². The van der Waals surface area contributed by atoms with Gasteiger partial charge in [-0.05, 0) is 0 Å². The fourth-order valence-electron chi connectivity index (χ4n) is 3.10. The van der Waals surface area contributed by atoms with Gasteiger partial charge in [0.2, 0.25) is 0 Å². The van der Waals surface area contributed by atoms with E-state index in [2.05, 4.69) is 0 Å². The van der Waals surface area contributed by atoms with E-state index in [-0.39, 0.29) is 17.1 Å². The molecule has 0 fully saturated rings. The summed E-state index contributed by atoms with van der Waals surface area (Å²) in [5.41, 5.74) is 1.58. The Morgan fingerprint density at radius 1 is 0.545 bits per heavy atom. The Morgan fingerprint density at radius 2 is 0.788 bits per heavy atom. The van der Waals surface area contributed by atoms with E-state index >= 15 is 0 Å². The maximum absolute atomic E-state index is 11.3. The summed E-state index contributed by atoms with van der Waals surface area (Å²) in [5, 5.41) is 48.6. The van der Waals surface area contributed by atoms with Crippen molar-refractivity contribution in [3.63, 3.8) is 0 Å². The van der Waals surface area contributed by atoms with Crippen molar-refractivity contribution in [2.45, 2.75) is 5.71 Å². The summed E-state index contributed by atoms with van der Waals surface area (Å²) in [6.07, 6.45) is 0. The van der Waals surface area contributed by atoms with Crippen molar-refractivity contribution in [1.29, 1.82) is 0 Å². The van der Waals surface area contributed by atoms with Crippen LogP contribution in [0.4, 0.5) is 17.1 Å². The molecule has 0 N–H and O–H groups in total. The van der Waals surface area contributed by atoms with Crippen molar-refractivity contribution in [2.75, 3.05) is 0 Å². The van der Waals surface area contributed by atoms with Gasteiger partial charge in [0, 0.05) is 0 Å². The molecule has 3 aromatic carbocycles. The Hall–Kier alpha value is -4.38. The molecule has 33 heavy (non-hydrogen) atoms. The van der Waals surface area contributed by atoms with Crippen molar-refractivity contribution in [3.8, 4) is 0 Å². The molecule has 0 spiro atoms. The zero-order chi connectivity index (χ0) is 24.8. The summed E-state index contributed by atoms with van der Waals surface area (Å²) in [7, 11) is 0. The van der Waals surface area contributed by atoms with Gasteiger partial charge in [-0.3, -0.25) is 0 Å². The van der Waals surface area contributed by atoms with Crippen LogP contribution in [0.15, 0.2) is 72.8 Å². The Morgan fingerprint density at radius 3 is 1.00 bits per heavy atom. The second kappa shape index (κ2) is 10.3. The standard InChI is InChI=1S/C19H15AsN3O6.NO3/c1-20(14-5-2-8-17(11-14)21(24)25,15-6-3-9-18(12-15)22(26)27)16-7-4-10-19(13-16)23(28)29;2-1(3)4/h2-13H,1H3;/q+1;-1. The van der Waals surface area contributed by atoms with Crippen LogP contribution in [-0.2, 0) is 0 Å². The number of nitrogens with zero attached hydrogens (tertiary/aromatic N) is 4. The third-order valence-electron chi connectivity index (χ3n) is 4.67. The molecular weight excluding hydrogens is 503 g/mol. The van der Waals surface area contributed by atoms with Crippen molar-refractivity contribution in [1.82, 2.24) is 0 Å². The van der Waals surface area contributed by atoms with Crippen LogP contribution >= 0.6 is 0 Å². The summed E-state index contributed by atoms with van der Waals surface area (Å²) in [6, 6.07) is 18.3. The van der Waals surface area contributed by atoms with Gasteiger partial charge >= 0.3 is 167 Å². The molecular formula is C19H15AsN4O9. The minimum Gasteiger partial charge on any atom is -0.356 e. The topological polar surface area (TPSA) is 196 Å². The van der Waals surface area contributed by atoms with Gasteiger partial charge in [-0.15, -0.1) is 0 Å². The van der Waals surface area contributed by atoms with Gasteiger partial charge in [0.15, 0.2) is 0 Å². The molecule has 0 heterocycles. The van der Waals surface area contributed by atoms with Crippen LogP contribution in [-0.4, -0.2) is 33.4 Å². The summed E-state index contributed by atoms with van der Waals surface area (Å²) in [5.74, 6) is 0. The van der Waals surface area contributed by atoms with E-state index in [4.69, 9.17) is 15.3 Å². The van der Waals surface area contributed by atoms with Gasteiger partial charge < -0.3 is 15.3 Å². The summed E-state index contributed by atoms with van der Waals surface area (Å²) >= 11 is -3.48. The average Bonchev–Trinajstić information content (AvgIpc) is 2.78. The van der Waals surface area contributed by atoms with Crippen molar-refractivity contribution >= 4 is 43.7 Å². The maximum Gasteiger partial charge on any atom is 0.0689 e. The minimum absolute atomic E-state index is 0.106. The van der Waals surface area contributed by atoms with E-state index in [1.54, 1.807) is 36.4 Å². The molecule has 0 saturated heterocycles. The monoisotopic (exact) mass is 518 g/mol. The first-order valence-electron chi connectivity index (χ1n) is 8.90. The van der Waals surface area contributed by atoms with E-state index in [0.717, 1.165) is 0 Å². The van der Waals surface area contributed by atoms with Gasteiger partial charge in [0.25, 0.3) is 0 Å². The molecule has 170 valence electrons. The molecule has 0 unspecified atom stereocenters. The third kappa shape index (κ3) is 5.86. The first-order chi connectivity index (χ1) is 15.5. The summed E-state index contributed by atoms with van der Waals surface area (Å²) in [6.45, 7) is 0. The first-order valence-corrected chi connectivity index (χ1v) is 13.6. The normalized spacial score (nSPS) is 10.5. The van der Waals surface area contributed by atoms with E-state index in [9.17, 15) is 30.3 Å². The fourth-order valence-corrected chi connectivity index (χ4v) is 9.85. The molecule has 0 radical (unpaired) electrons. The molecule has 0 aliphatic carbocycles. The van der Waals surface area contributed by atoms with Crippen LogP contribution in [0.1, 0.15) is 0 Å². The number of benzene rings is 3. The van der Waals surface area contributed by atoms with E-state index < -0.39 is 33.4 Å². The molecule has 0 atom stereocenters. The zero-order valence-electron chi connectivity index (χ0n) is 16.8. The molecule has 13 nitrogen and oxygen atoms in total. The molecule has 0 aliphatic heterocycles. The van der Waals surface area contributed by atoms with E-state index in [1.165, 1.54) is 36.4 Å². The maximum atomic E-state index is 11.3. The molecule has 0 amide bonds. The predicted molar refractivity (Wildman–Crippen MR) is 120 cm³/mol. The number of hydrogen-bond donors (Lipinski definition) is 0. The van der Waals surface area contributed by atoms with Crippen LogP contribution in [0.5, 0.6) is 0 Å². The second-order valence-corrected chi connectivity index (χ2v) is 14.0. The Labute approximate surface area is 187 Å². The fraction of sp³-hybridized carbons (Fsp3) is 0.0526. The predicted octanol–water partition coefficient (Wildman–Crippen LogP) is 2.27. The largest absolute Gasteiger partial charge is 0.356 e.